The molecule has 0 aliphatic heterocycles. The van der Waals surface area contributed by atoms with Gasteiger partial charge in [-0.2, -0.15) is 0 Å². The number of aromatic nitrogens is 1. The minimum absolute atomic E-state index is 0.00904. The summed E-state index contributed by atoms with van der Waals surface area (Å²) in [7, 11) is -1.85. The molecule has 1 atom stereocenters. The Kier molecular flexibility index (Phi) is 14.8. The molecule has 2 amide bonds. The lowest BCUT2D eigenvalue weighted by Gasteiger charge is -2.15. The average Bonchev–Trinajstić information content (AvgIpc) is 3.34. The number of hydrogen-bond donors (Lipinski definition) is 4. The molecule has 2 rings (SSSR count). The summed E-state index contributed by atoms with van der Waals surface area (Å²) in [5.41, 5.74) is 0.585. The third-order valence-corrected chi connectivity index (χ3v) is 10.4. The second-order valence-electron chi connectivity index (χ2n) is 10.1. The van der Waals surface area contributed by atoms with Crippen molar-refractivity contribution in [2.45, 2.75) is 93.7 Å². The van der Waals surface area contributed by atoms with Crippen LogP contribution in [0.25, 0.3) is 0 Å². The molecule has 0 aliphatic carbocycles. The molecule has 4 N–H and O–H groups in total. The zero-order valence-electron chi connectivity index (χ0n) is 23.7. The molecule has 2 aromatic rings. The summed E-state index contributed by atoms with van der Waals surface area (Å²) in [5.74, 6) is -2.21. The van der Waals surface area contributed by atoms with Crippen molar-refractivity contribution in [3.8, 4) is 11.5 Å². The summed E-state index contributed by atoms with van der Waals surface area (Å²) in [6.45, 7) is 3.74. The summed E-state index contributed by atoms with van der Waals surface area (Å²) >= 11 is 2.42. The molecule has 224 valence electrons. The van der Waals surface area contributed by atoms with E-state index in [1.807, 2.05) is 0 Å². The highest BCUT2D eigenvalue weighted by molar-refractivity contribution is 8.01. The number of amides is 2. The van der Waals surface area contributed by atoms with Crippen LogP contribution >= 0.6 is 23.1 Å². The Labute approximate surface area is 246 Å². The lowest BCUT2D eigenvalue weighted by molar-refractivity contribution is -0.120. The van der Waals surface area contributed by atoms with E-state index in [1.54, 1.807) is 12.4 Å². The smallest absolute Gasteiger partial charge is 0.228 e. The van der Waals surface area contributed by atoms with Crippen LogP contribution in [0.5, 0.6) is 11.5 Å². The maximum Gasteiger partial charge on any atom is 0.228 e. The van der Waals surface area contributed by atoms with Gasteiger partial charge in [-0.25, -0.2) is 13.4 Å². The molecule has 0 fully saturated rings. The number of thiazole rings is 1. The minimum atomic E-state index is -3.40. The molecule has 9 nitrogen and oxygen atoms in total. The molecule has 1 unspecified atom stereocenters. The monoisotopic (exact) mass is 613 g/mol. The normalized spacial score (nSPS) is 12.3. The Morgan fingerprint density at radius 2 is 1.62 bits per heavy atom. The van der Waals surface area contributed by atoms with E-state index in [2.05, 4.69) is 22.5 Å². The van der Waals surface area contributed by atoms with Crippen LogP contribution in [0, 0.1) is 5.92 Å². The fraction of sp³-hybridized carbons (Fsp3) is 0.607. The second-order valence-corrected chi connectivity index (χ2v) is 14.5. The summed E-state index contributed by atoms with van der Waals surface area (Å²) in [6, 6.07) is 2.53. The van der Waals surface area contributed by atoms with Crippen molar-refractivity contribution in [1.82, 2.24) is 10.3 Å². The molecule has 40 heavy (non-hydrogen) atoms. The van der Waals surface area contributed by atoms with Gasteiger partial charge < -0.3 is 20.8 Å². The van der Waals surface area contributed by atoms with Gasteiger partial charge in [-0.3, -0.25) is 9.59 Å². The quantitative estimate of drug-likeness (QED) is 0.0870. The number of anilines is 1. The zero-order valence-corrected chi connectivity index (χ0v) is 26.2. The first-order valence-electron chi connectivity index (χ1n) is 13.9. The predicted octanol–water partition coefficient (Wildman–Crippen LogP) is 5.90. The number of carbonyl (C=O) groups excluding carboxylic acids is 2. The highest BCUT2D eigenvalue weighted by Crippen LogP contribution is 2.41. The van der Waals surface area contributed by atoms with Gasteiger partial charge >= 0.3 is 0 Å². The van der Waals surface area contributed by atoms with E-state index < -0.39 is 21.7 Å². The minimum Gasteiger partial charge on any atom is -0.507 e. The van der Waals surface area contributed by atoms with Gasteiger partial charge in [0.2, 0.25) is 11.8 Å². The molecule has 0 spiro atoms. The molecule has 1 heterocycles. The fourth-order valence-corrected chi connectivity index (χ4v) is 7.67. The Morgan fingerprint density at radius 1 is 1.00 bits per heavy atom. The van der Waals surface area contributed by atoms with Gasteiger partial charge in [-0.1, -0.05) is 83.4 Å². The van der Waals surface area contributed by atoms with E-state index in [9.17, 15) is 28.2 Å². The molecule has 0 saturated heterocycles. The van der Waals surface area contributed by atoms with Gasteiger partial charge in [0.15, 0.2) is 14.2 Å². The van der Waals surface area contributed by atoms with Gasteiger partial charge in [-0.05, 0) is 12.5 Å². The largest absolute Gasteiger partial charge is 0.507 e. The maximum atomic E-state index is 12.7. The zero-order chi connectivity index (χ0) is 29.5. The highest BCUT2D eigenvalue weighted by atomic mass is 32.2. The number of aromatic hydroxyl groups is 2. The van der Waals surface area contributed by atoms with Gasteiger partial charge in [-0.15, -0.1) is 11.3 Å². The third kappa shape index (κ3) is 12.5. The van der Waals surface area contributed by atoms with Gasteiger partial charge in [0.1, 0.15) is 11.5 Å². The Morgan fingerprint density at radius 3 is 2.25 bits per heavy atom. The number of benzene rings is 1. The number of nitrogens with one attached hydrogen (secondary N) is 2. The van der Waals surface area contributed by atoms with Crippen molar-refractivity contribution in [1.29, 1.82) is 0 Å². The molecule has 0 bridgehead atoms. The number of unbranched alkanes of at least 4 members (excludes halogenated alkanes) is 9. The highest BCUT2D eigenvalue weighted by Gasteiger charge is 2.23. The standard InChI is InChI=1S/C28H43N3O6S3/c1-4-5-6-7-8-9-10-11-12-13-14-40(36,37)19-20(2)27(35)31-22-16-24(33)25(17-23(22)32)39-28-30-21(18-38-28)15-26(34)29-3/h16-18,20,32-33H,4-15,19H2,1-3H3,(H,29,34)(H,31,35). The van der Waals surface area contributed by atoms with Gasteiger partial charge in [0.25, 0.3) is 0 Å². The first-order chi connectivity index (χ1) is 19.0. The van der Waals surface area contributed by atoms with Crippen LogP contribution in [0.3, 0.4) is 0 Å². The summed E-state index contributed by atoms with van der Waals surface area (Å²) in [5, 5.41) is 27.7. The van der Waals surface area contributed by atoms with Crippen LogP contribution in [0.15, 0.2) is 26.7 Å². The second kappa shape index (κ2) is 17.5. The van der Waals surface area contributed by atoms with Gasteiger partial charge in [0, 0.05) is 24.4 Å². The summed E-state index contributed by atoms with van der Waals surface area (Å²) in [4.78, 5) is 28.9. The SMILES string of the molecule is CCCCCCCCCCCCS(=O)(=O)CC(C)C(=O)Nc1cc(O)c(Sc2nc(CC(=O)NC)cs2)cc1O. The first kappa shape index (κ1) is 33.9. The van der Waals surface area contributed by atoms with Crippen LogP contribution < -0.4 is 10.6 Å². The topological polar surface area (TPSA) is 146 Å². The summed E-state index contributed by atoms with van der Waals surface area (Å²) < 4.78 is 25.7. The van der Waals surface area contributed by atoms with Crippen molar-refractivity contribution in [3.63, 3.8) is 0 Å². The van der Waals surface area contributed by atoms with E-state index in [-0.39, 0.29) is 41.0 Å². The average molecular weight is 614 g/mol. The number of nitrogens with zero attached hydrogens (tertiary/aromatic N) is 1. The van der Waals surface area contributed by atoms with E-state index >= 15 is 0 Å². The summed E-state index contributed by atoms with van der Waals surface area (Å²) in [6.07, 6.45) is 11.3. The van der Waals surface area contributed by atoms with Crippen molar-refractivity contribution >= 4 is 50.4 Å². The third-order valence-electron chi connectivity index (χ3n) is 6.44. The first-order valence-corrected chi connectivity index (χ1v) is 17.5. The Bertz CT molecular complexity index is 1200. The molecule has 1 aromatic heterocycles. The van der Waals surface area contributed by atoms with Crippen LogP contribution in [-0.4, -0.2) is 54.0 Å². The van der Waals surface area contributed by atoms with Crippen molar-refractivity contribution < 1.29 is 28.2 Å². The predicted molar refractivity (Wildman–Crippen MR) is 162 cm³/mol. The molecule has 0 aliphatic rings. The number of hydrogen-bond acceptors (Lipinski definition) is 9. The van der Waals surface area contributed by atoms with E-state index in [4.69, 9.17) is 0 Å². The molecule has 1 aromatic carbocycles. The van der Waals surface area contributed by atoms with Crippen molar-refractivity contribution in [3.05, 3.63) is 23.2 Å². The molecule has 0 saturated carbocycles. The lowest BCUT2D eigenvalue weighted by Crippen LogP contribution is -2.28. The van der Waals surface area contributed by atoms with Crippen LogP contribution in [0.1, 0.15) is 83.7 Å². The van der Waals surface area contributed by atoms with Crippen molar-refractivity contribution in [2.24, 2.45) is 5.92 Å². The lowest BCUT2D eigenvalue weighted by atomic mass is 10.1. The number of phenols is 2. The Hall–Kier alpha value is -2.31. The van der Waals surface area contributed by atoms with Crippen LogP contribution in [-0.2, 0) is 25.8 Å². The molecular weight excluding hydrogens is 571 g/mol. The maximum absolute atomic E-state index is 12.7. The van der Waals surface area contributed by atoms with Crippen molar-refractivity contribution in [2.75, 3.05) is 23.9 Å². The van der Waals surface area contributed by atoms with Crippen LogP contribution in [0.4, 0.5) is 5.69 Å². The number of likely N-dealkylation sites (N-methyl/N-ethyl adjacent to an activating group) is 1. The molecule has 0 radical (unpaired) electrons. The van der Waals surface area contributed by atoms with Crippen LogP contribution in [0.2, 0.25) is 0 Å². The Balaban J connectivity index is 1.80. The number of phenolic OH excluding ortho intramolecular Hbond substituents is 2. The number of rotatable bonds is 19. The van der Waals surface area contributed by atoms with E-state index in [0.717, 1.165) is 31.0 Å². The molecular formula is C28H43N3O6S3. The fourth-order valence-electron chi connectivity index (χ4n) is 4.11. The van der Waals surface area contributed by atoms with E-state index in [1.165, 1.54) is 68.9 Å². The number of sulfone groups is 1. The van der Waals surface area contributed by atoms with Gasteiger partial charge in [0.05, 0.1) is 34.2 Å². The van der Waals surface area contributed by atoms with E-state index in [0.29, 0.717) is 21.3 Å². The number of carbonyl (C=O) groups is 2. The molecule has 12 heteroatoms.